The Kier molecular flexibility index (Phi) is 4.09. The van der Waals surface area contributed by atoms with Crippen LogP contribution in [0.25, 0.3) is 11.3 Å². The Morgan fingerprint density at radius 2 is 2.20 bits per heavy atom. The number of carbonyl (C=O) groups is 1. The zero-order valence-electron chi connectivity index (χ0n) is 14.1. The van der Waals surface area contributed by atoms with Crippen LogP contribution in [0.15, 0.2) is 47.1 Å². The molecule has 1 N–H and O–H groups in total. The van der Waals surface area contributed by atoms with E-state index in [1.807, 2.05) is 54.3 Å². The van der Waals surface area contributed by atoms with E-state index in [0.717, 1.165) is 30.4 Å². The summed E-state index contributed by atoms with van der Waals surface area (Å²) >= 11 is 0. The molecule has 0 unspecified atom stereocenters. The highest BCUT2D eigenvalue weighted by atomic mass is 16.5. The largest absolute Gasteiger partial charge is 0.356 e. The Balaban J connectivity index is 1.43. The van der Waals surface area contributed by atoms with E-state index in [2.05, 4.69) is 15.6 Å². The van der Waals surface area contributed by atoms with Crippen molar-refractivity contribution in [1.29, 1.82) is 0 Å². The van der Waals surface area contributed by atoms with Crippen LogP contribution >= 0.6 is 0 Å². The van der Waals surface area contributed by atoms with Crippen LogP contribution < -0.4 is 5.32 Å². The first-order chi connectivity index (χ1) is 12.2. The first kappa shape index (κ1) is 15.6. The Morgan fingerprint density at radius 1 is 1.36 bits per heavy atom. The topological polar surface area (TPSA) is 73.0 Å². The van der Waals surface area contributed by atoms with Crippen molar-refractivity contribution in [2.24, 2.45) is 7.05 Å². The van der Waals surface area contributed by atoms with Crippen molar-refractivity contribution in [3.8, 4) is 11.3 Å². The van der Waals surface area contributed by atoms with Crippen molar-refractivity contribution in [1.82, 2.24) is 20.3 Å². The van der Waals surface area contributed by atoms with Crippen molar-refractivity contribution in [3.63, 3.8) is 0 Å². The number of benzene rings is 1. The first-order valence-corrected chi connectivity index (χ1v) is 8.52. The maximum absolute atomic E-state index is 12.4. The Bertz CT molecular complexity index is 882. The van der Waals surface area contributed by atoms with Crippen LogP contribution in [0.1, 0.15) is 35.8 Å². The van der Waals surface area contributed by atoms with E-state index in [9.17, 15) is 4.79 Å². The van der Waals surface area contributed by atoms with Gasteiger partial charge in [0.1, 0.15) is 0 Å². The summed E-state index contributed by atoms with van der Waals surface area (Å²) in [5.41, 5.74) is 3.93. The zero-order valence-corrected chi connectivity index (χ0v) is 14.1. The monoisotopic (exact) mass is 336 g/mol. The lowest BCUT2D eigenvalue weighted by Gasteiger charge is -2.23. The standard InChI is InChI=1S/C19H20N4O2/c1-23-17-9-5-8-16(15(17)12-20-23)21-19(24)11-14-10-18(25-22-14)13-6-3-2-4-7-13/h2-4,6-7,10,12,16H,5,8-9,11H2,1H3,(H,21,24)/t16-/m1/s1. The summed E-state index contributed by atoms with van der Waals surface area (Å²) in [4.78, 5) is 12.4. The summed E-state index contributed by atoms with van der Waals surface area (Å²) in [6, 6.07) is 11.6. The number of aromatic nitrogens is 3. The molecule has 0 bridgehead atoms. The molecular weight excluding hydrogens is 316 g/mol. The molecule has 1 aliphatic carbocycles. The number of nitrogens with one attached hydrogen (secondary N) is 1. The van der Waals surface area contributed by atoms with Gasteiger partial charge in [0.15, 0.2) is 5.76 Å². The predicted octanol–water partition coefficient (Wildman–Crippen LogP) is 2.81. The minimum Gasteiger partial charge on any atom is -0.356 e. The van der Waals surface area contributed by atoms with Gasteiger partial charge in [-0.25, -0.2) is 0 Å². The number of hydrogen-bond acceptors (Lipinski definition) is 4. The SMILES string of the molecule is Cn1ncc2c1CCC[C@H]2NC(=O)Cc1cc(-c2ccccc2)on1. The molecule has 3 aromatic rings. The average Bonchev–Trinajstić information content (AvgIpc) is 3.24. The van der Waals surface area contributed by atoms with Crippen LogP contribution in [0.5, 0.6) is 0 Å². The molecule has 1 atom stereocenters. The van der Waals surface area contributed by atoms with Crippen LogP contribution in [0.4, 0.5) is 0 Å². The summed E-state index contributed by atoms with van der Waals surface area (Å²) in [6.07, 6.45) is 5.09. The minimum absolute atomic E-state index is 0.0328. The molecule has 0 saturated heterocycles. The number of fused-ring (bicyclic) bond motifs is 1. The van der Waals surface area contributed by atoms with Gasteiger partial charge >= 0.3 is 0 Å². The lowest BCUT2D eigenvalue weighted by molar-refractivity contribution is -0.121. The van der Waals surface area contributed by atoms with Gasteiger partial charge < -0.3 is 9.84 Å². The molecule has 6 nitrogen and oxygen atoms in total. The summed E-state index contributed by atoms with van der Waals surface area (Å²) in [6.45, 7) is 0. The fraction of sp³-hybridized carbons (Fsp3) is 0.316. The second kappa shape index (κ2) is 6.55. The number of aryl methyl sites for hydroxylation is 1. The third kappa shape index (κ3) is 3.20. The van der Waals surface area contributed by atoms with E-state index >= 15 is 0 Å². The number of nitrogens with zero attached hydrogens (tertiary/aromatic N) is 3. The Hall–Kier alpha value is -2.89. The zero-order chi connectivity index (χ0) is 17.2. The van der Waals surface area contributed by atoms with Crippen molar-refractivity contribution in [3.05, 3.63) is 59.5 Å². The molecule has 0 aliphatic heterocycles. The van der Waals surface area contributed by atoms with E-state index in [1.54, 1.807) is 0 Å². The Morgan fingerprint density at radius 3 is 3.04 bits per heavy atom. The highest BCUT2D eigenvalue weighted by molar-refractivity contribution is 5.79. The van der Waals surface area contributed by atoms with E-state index < -0.39 is 0 Å². The van der Waals surface area contributed by atoms with Gasteiger partial charge in [-0.1, -0.05) is 35.5 Å². The van der Waals surface area contributed by atoms with Crippen LogP contribution in [0.2, 0.25) is 0 Å². The maximum atomic E-state index is 12.4. The maximum Gasteiger partial charge on any atom is 0.226 e. The molecule has 1 aromatic carbocycles. The molecular formula is C19H20N4O2. The number of hydrogen-bond donors (Lipinski definition) is 1. The number of amides is 1. The summed E-state index contributed by atoms with van der Waals surface area (Å²) in [7, 11) is 1.95. The van der Waals surface area contributed by atoms with E-state index in [4.69, 9.17) is 4.52 Å². The second-order valence-electron chi connectivity index (χ2n) is 6.41. The third-order valence-electron chi connectivity index (χ3n) is 4.67. The van der Waals surface area contributed by atoms with E-state index in [0.29, 0.717) is 11.5 Å². The fourth-order valence-electron chi connectivity index (χ4n) is 3.40. The number of carbonyl (C=O) groups excluding carboxylic acids is 1. The van der Waals surface area contributed by atoms with Gasteiger partial charge in [0, 0.05) is 29.9 Å². The van der Waals surface area contributed by atoms with Crippen molar-refractivity contribution >= 4 is 5.91 Å². The molecule has 0 fully saturated rings. The van der Waals surface area contributed by atoms with Gasteiger partial charge in [-0.2, -0.15) is 5.10 Å². The van der Waals surface area contributed by atoms with Gasteiger partial charge in [0.05, 0.1) is 24.4 Å². The van der Waals surface area contributed by atoms with Gasteiger partial charge in [0.25, 0.3) is 0 Å². The highest BCUT2D eigenvalue weighted by Crippen LogP contribution is 2.29. The molecule has 0 radical (unpaired) electrons. The molecule has 1 amide bonds. The fourth-order valence-corrected chi connectivity index (χ4v) is 3.40. The second-order valence-corrected chi connectivity index (χ2v) is 6.41. The van der Waals surface area contributed by atoms with Gasteiger partial charge in [0.2, 0.25) is 5.91 Å². The molecule has 4 rings (SSSR count). The smallest absolute Gasteiger partial charge is 0.226 e. The molecule has 6 heteroatoms. The first-order valence-electron chi connectivity index (χ1n) is 8.52. The summed E-state index contributed by atoms with van der Waals surface area (Å²) in [5.74, 6) is 0.630. The molecule has 2 heterocycles. The van der Waals surface area contributed by atoms with Gasteiger partial charge in [-0.3, -0.25) is 9.48 Å². The van der Waals surface area contributed by atoms with Crippen LogP contribution in [-0.4, -0.2) is 20.8 Å². The summed E-state index contributed by atoms with van der Waals surface area (Å²) < 4.78 is 7.26. The highest BCUT2D eigenvalue weighted by Gasteiger charge is 2.25. The van der Waals surface area contributed by atoms with E-state index in [-0.39, 0.29) is 18.4 Å². The minimum atomic E-state index is -0.0467. The average molecular weight is 336 g/mol. The molecule has 0 spiro atoms. The van der Waals surface area contributed by atoms with Crippen molar-refractivity contribution in [2.45, 2.75) is 31.7 Å². The third-order valence-corrected chi connectivity index (χ3v) is 4.67. The normalized spacial score (nSPS) is 16.4. The van der Waals surface area contributed by atoms with Crippen LogP contribution in [0.3, 0.4) is 0 Å². The Labute approximate surface area is 145 Å². The summed E-state index contributed by atoms with van der Waals surface area (Å²) in [5, 5.41) is 11.4. The van der Waals surface area contributed by atoms with E-state index in [1.165, 1.54) is 5.69 Å². The predicted molar refractivity (Wildman–Crippen MR) is 92.7 cm³/mol. The quantitative estimate of drug-likeness (QED) is 0.795. The van der Waals surface area contributed by atoms with Gasteiger partial charge in [-0.15, -0.1) is 0 Å². The van der Waals surface area contributed by atoms with Crippen molar-refractivity contribution < 1.29 is 9.32 Å². The molecule has 1 aliphatic rings. The van der Waals surface area contributed by atoms with Gasteiger partial charge in [-0.05, 0) is 19.3 Å². The lowest BCUT2D eigenvalue weighted by Crippen LogP contribution is -2.32. The number of rotatable bonds is 4. The lowest BCUT2D eigenvalue weighted by atomic mass is 9.93. The molecule has 0 saturated carbocycles. The molecule has 2 aromatic heterocycles. The van der Waals surface area contributed by atoms with Crippen LogP contribution in [0, 0.1) is 0 Å². The molecule has 25 heavy (non-hydrogen) atoms. The molecule has 128 valence electrons. The van der Waals surface area contributed by atoms with Crippen LogP contribution in [-0.2, 0) is 24.7 Å². The van der Waals surface area contributed by atoms with Crippen molar-refractivity contribution in [2.75, 3.05) is 0 Å².